The lowest BCUT2D eigenvalue weighted by molar-refractivity contribution is 0.517. The minimum atomic E-state index is 0.555. The number of furan rings is 1. The zero-order valence-corrected chi connectivity index (χ0v) is 14.2. The van der Waals surface area contributed by atoms with E-state index >= 15 is 0 Å². The molecule has 0 aliphatic rings. The molecule has 0 aliphatic carbocycles. The Morgan fingerprint density at radius 2 is 1.95 bits per heavy atom. The third kappa shape index (κ3) is 3.97. The van der Waals surface area contributed by atoms with Crippen molar-refractivity contribution in [2.75, 3.05) is 10.6 Å². The number of aromatic nitrogens is 2. The molecule has 0 aliphatic heterocycles. The van der Waals surface area contributed by atoms with E-state index in [9.17, 15) is 0 Å². The van der Waals surface area contributed by atoms with E-state index in [2.05, 4.69) is 43.2 Å². The molecule has 2 N–H and O–H groups in total. The van der Waals surface area contributed by atoms with Gasteiger partial charge in [-0.3, -0.25) is 0 Å². The second-order valence-corrected chi connectivity index (χ2v) is 6.03. The van der Waals surface area contributed by atoms with Crippen molar-refractivity contribution in [1.29, 1.82) is 0 Å². The first-order valence-corrected chi connectivity index (χ1v) is 7.91. The second kappa shape index (κ2) is 6.78. The summed E-state index contributed by atoms with van der Waals surface area (Å²) in [6, 6.07) is 13.8. The molecule has 6 heteroatoms. The Balaban J connectivity index is 1.73. The third-order valence-electron chi connectivity index (χ3n) is 2.97. The fraction of sp³-hybridized carbons (Fsp3) is 0.125. The maximum absolute atomic E-state index is 5.29. The largest absolute Gasteiger partial charge is 0.467 e. The first-order chi connectivity index (χ1) is 10.7. The van der Waals surface area contributed by atoms with Crippen molar-refractivity contribution in [2.24, 2.45) is 0 Å². The summed E-state index contributed by atoms with van der Waals surface area (Å²) in [5, 5.41) is 6.45. The average Bonchev–Trinajstić information content (AvgIpc) is 3.00. The van der Waals surface area contributed by atoms with Gasteiger partial charge in [0.25, 0.3) is 0 Å². The normalized spacial score (nSPS) is 10.5. The first-order valence-electron chi connectivity index (χ1n) is 6.83. The molecule has 22 heavy (non-hydrogen) atoms. The van der Waals surface area contributed by atoms with Crippen LogP contribution < -0.4 is 10.6 Å². The molecule has 0 saturated carbocycles. The quantitative estimate of drug-likeness (QED) is 0.618. The van der Waals surface area contributed by atoms with Crippen LogP contribution in [0.25, 0.3) is 0 Å². The highest BCUT2D eigenvalue weighted by Crippen LogP contribution is 2.18. The van der Waals surface area contributed by atoms with Gasteiger partial charge in [-0.25, -0.2) is 4.98 Å². The van der Waals surface area contributed by atoms with Crippen LogP contribution in [0.4, 0.5) is 17.5 Å². The van der Waals surface area contributed by atoms with Gasteiger partial charge < -0.3 is 15.1 Å². The molecule has 1 aromatic carbocycles. The number of nitrogens with zero attached hydrogens (tertiary/aromatic N) is 2. The van der Waals surface area contributed by atoms with E-state index in [4.69, 9.17) is 4.42 Å². The summed E-state index contributed by atoms with van der Waals surface area (Å²) in [4.78, 5) is 8.86. The van der Waals surface area contributed by atoms with Crippen LogP contribution in [0.15, 0.2) is 53.1 Å². The lowest BCUT2D eigenvalue weighted by Gasteiger charge is -2.09. The molecule has 5 nitrogen and oxygen atoms in total. The molecule has 0 fully saturated rings. The van der Waals surface area contributed by atoms with Crippen molar-refractivity contribution in [3.8, 4) is 0 Å². The van der Waals surface area contributed by atoms with Crippen LogP contribution in [0.3, 0.4) is 0 Å². The van der Waals surface area contributed by atoms with E-state index in [0.29, 0.717) is 12.5 Å². The number of anilines is 3. The smallest absolute Gasteiger partial charge is 0.225 e. The number of aryl methyl sites for hydroxylation is 1. The van der Waals surface area contributed by atoms with Crippen LogP contribution in [0.2, 0.25) is 0 Å². The molecule has 2 aromatic heterocycles. The molecule has 0 bridgehead atoms. The van der Waals surface area contributed by atoms with Crippen molar-refractivity contribution < 1.29 is 4.42 Å². The van der Waals surface area contributed by atoms with Crippen LogP contribution in [-0.4, -0.2) is 9.97 Å². The molecule has 3 rings (SSSR count). The molecular formula is C16H15IN4O. The second-order valence-electron chi connectivity index (χ2n) is 4.78. The maximum Gasteiger partial charge on any atom is 0.225 e. The fourth-order valence-electron chi connectivity index (χ4n) is 1.97. The van der Waals surface area contributed by atoms with E-state index in [-0.39, 0.29) is 0 Å². The van der Waals surface area contributed by atoms with Crippen molar-refractivity contribution >= 4 is 40.0 Å². The standard InChI is InChI=1S/C16H15IN4O/c1-11-9-15(20-13-6-4-12(17)5-7-13)21-16(19-11)18-10-14-3-2-8-22-14/h2-9H,10H2,1H3,(H2,18,19,20,21). The highest BCUT2D eigenvalue weighted by Gasteiger charge is 2.04. The van der Waals surface area contributed by atoms with E-state index < -0.39 is 0 Å². The molecule has 2 heterocycles. The van der Waals surface area contributed by atoms with Crippen LogP contribution >= 0.6 is 22.6 Å². The molecule has 3 aromatic rings. The van der Waals surface area contributed by atoms with Gasteiger partial charge in [-0.2, -0.15) is 4.98 Å². The van der Waals surface area contributed by atoms with Crippen molar-refractivity contribution in [2.45, 2.75) is 13.5 Å². The molecule has 0 spiro atoms. The molecule has 0 radical (unpaired) electrons. The number of benzene rings is 1. The van der Waals surface area contributed by atoms with Gasteiger partial charge in [-0.15, -0.1) is 0 Å². The monoisotopic (exact) mass is 406 g/mol. The number of hydrogen-bond donors (Lipinski definition) is 2. The summed E-state index contributed by atoms with van der Waals surface area (Å²) in [6.07, 6.45) is 1.65. The number of halogens is 1. The minimum absolute atomic E-state index is 0.555. The Kier molecular flexibility index (Phi) is 4.57. The summed E-state index contributed by atoms with van der Waals surface area (Å²) in [7, 11) is 0. The molecule has 0 atom stereocenters. The number of nitrogens with one attached hydrogen (secondary N) is 2. The van der Waals surface area contributed by atoms with Crippen LogP contribution in [0.5, 0.6) is 0 Å². The van der Waals surface area contributed by atoms with E-state index in [1.165, 1.54) is 3.57 Å². The van der Waals surface area contributed by atoms with E-state index in [1.807, 2.05) is 49.4 Å². The predicted octanol–water partition coefficient (Wildman–Crippen LogP) is 4.34. The van der Waals surface area contributed by atoms with Crippen molar-refractivity contribution in [3.63, 3.8) is 0 Å². The van der Waals surface area contributed by atoms with Gasteiger partial charge in [0.1, 0.15) is 11.6 Å². The summed E-state index contributed by atoms with van der Waals surface area (Å²) in [5.74, 6) is 2.18. The van der Waals surface area contributed by atoms with Gasteiger partial charge >= 0.3 is 0 Å². The molecule has 112 valence electrons. The van der Waals surface area contributed by atoms with Crippen LogP contribution in [0.1, 0.15) is 11.5 Å². The van der Waals surface area contributed by atoms with Crippen molar-refractivity contribution in [1.82, 2.24) is 9.97 Å². The zero-order valence-electron chi connectivity index (χ0n) is 12.0. The molecule has 0 unspecified atom stereocenters. The van der Waals surface area contributed by atoms with E-state index in [0.717, 1.165) is 23.0 Å². The van der Waals surface area contributed by atoms with Gasteiger partial charge in [0.15, 0.2) is 0 Å². The summed E-state index contributed by atoms with van der Waals surface area (Å²) in [6.45, 7) is 2.50. The maximum atomic E-state index is 5.29. The highest BCUT2D eigenvalue weighted by molar-refractivity contribution is 14.1. The van der Waals surface area contributed by atoms with Gasteiger partial charge in [-0.05, 0) is 65.9 Å². The minimum Gasteiger partial charge on any atom is -0.467 e. The Hall–Kier alpha value is -2.09. The highest BCUT2D eigenvalue weighted by atomic mass is 127. The summed E-state index contributed by atoms with van der Waals surface area (Å²) in [5.41, 5.74) is 1.89. The summed E-state index contributed by atoms with van der Waals surface area (Å²) < 4.78 is 6.49. The molecular weight excluding hydrogens is 391 g/mol. The lowest BCUT2D eigenvalue weighted by atomic mass is 10.3. The van der Waals surface area contributed by atoms with Crippen LogP contribution in [0, 0.1) is 10.5 Å². The Labute approximate surface area is 142 Å². The zero-order chi connectivity index (χ0) is 15.4. The Bertz CT molecular complexity index is 741. The lowest BCUT2D eigenvalue weighted by Crippen LogP contribution is -2.05. The average molecular weight is 406 g/mol. The number of rotatable bonds is 5. The Morgan fingerprint density at radius 1 is 1.14 bits per heavy atom. The molecule has 0 saturated heterocycles. The van der Waals surface area contributed by atoms with E-state index in [1.54, 1.807) is 6.26 Å². The van der Waals surface area contributed by atoms with Crippen LogP contribution in [-0.2, 0) is 6.54 Å². The molecule has 0 amide bonds. The Morgan fingerprint density at radius 3 is 2.68 bits per heavy atom. The summed E-state index contributed by atoms with van der Waals surface area (Å²) >= 11 is 2.28. The van der Waals surface area contributed by atoms with Gasteiger partial charge in [0.2, 0.25) is 5.95 Å². The third-order valence-corrected chi connectivity index (χ3v) is 3.69. The predicted molar refractivity (Wildman–Crippen MR) is 95.2 cm³/mol. The van der Waals surface area contributed by atoms with Gasteiger partial charge in [0, 0.05) is 21.0 Å². The fourth-order valence-corrected chi connectivity index (χ4v) is 2.33. The van der Waals surface area contributed by atoms with Gasteiger partial charge in [-0.1, -0.05) is 0 Å². The topological polar surface area (TPSA) is 63.0 Å². The first kappa shape index (κ1) is 14.8. The van der Waals surface area contributed by atoms with Crippen molar-refractivity contribution in [3.05, 3.63) is 63.8 Å². The SMILES string of the molecule is Cc1cc(Nc2ccc(I)cc2)nc(NCc2ccco2)n1. The number of hydrogen-bond acceptors (Lipinski definition) is 5. The van der Waals surface area contributed by atoms with Gasteiger partial charge in [0.05, 0.1) is 12.8 Å².